The molecule has 1 amide bonds. The number of carbonyl (C=O) groups is 2. The predicted molar refractivity (Wildman–Crippen MR) is 62.4 cm³/mol. The van der Waals surface area contributed by atoms with Crippen LogP contribution in [-0.2, 0) is 9.59 Å². The number of thioether (sulfide) groups is 1. The number of hydrogen-bond donors (Lipinski definition) is 0. The summed E-state index contributed by atoms with van der Waals surface area (Å²) in [7, 11) is 0. The van der Waals surface area contributed by atoms with Gasteiger partial charge in [0, 0.05) is 18.0 Å². The maximum Gasteiger partial charge on any atom is 0.237 e. The van der Waals surface area contributed by atoms with Crippen molar-refractivity contribution in [1.29, 1.82) is 0 Å². The summed E-state index contributed by atoms with van der Waals surface area (Å²) in [6.07, 6.45) is 1.60. The summed E-state index contributed by atoms with van der Waals surface area (Å²) in [6, 6.07) is 0. The Balaban J connectivity index is 2.85. The zero-order valence-corrected chi connectivity index (χ0v) is 10.5. The van der Waals surface area contributed by atoms with Crippen molar-refractivity contribution < 1.29 is 9.59 Å². The second-order valence-electron chi connectivity index (χ2n) is 4.52. The topological polar surface area (TPSA) is 37.4 Å². The molecule has 1 rings (SSSR count). The van der Waals surface area contributed by atoms with E-state index in [9.17, 15) is 9.59 Å². The van der Waals surface area contributed by atoms with Gasteiger partial charge in [0.15, 0.2) is 5.78 Å². The number of hydrogen-bond acceptors (Lipinski definition) is 3. The van der Waals surface area contributed by atoms with Gasteiger partial charge in [-0.15, -0.1) is 0 Å². The van der Waals surface area contributed by atoms with E-state index in [0.717, 1.165) is 5.03 Å². The van der Waals surface area contributed by atoms with Crippen LogP contribution in [0.25, 0.3) is 0 Å². The van der Waals surface area contributed by atoms with Crippen molar-refractivity contribution in [2.75, 3.05) is 12.3 Å². The van der Waals surface area contributed by atoms with E-state index < -0.39 is 0 Å². The first-order valence-electron chi connectivity index (χ1n) is 5.05. The van der Waals surface area contributed by atoms with E-state index in [0.29, 0.717) is 12.3 Å². The van der Waals surface area contributed by atoms with Crippen LogP contribution in [0.15, 0.2) is 11.1 Å². The molecule has 84 valence electrons. The van der Waals surface area contributed by atoms with E-state index in [1.165, 1.54) is 11.8 Å². The molecule has 0 N–H and O–H groups in total. The smallest absolute Gasteiger partial charge is 0.237 e. The summed E-state index contributed by atoms with van der Waals surface area (Å²) >= 11 is 1.44. The molecule has 4 heteroatoms. The summed E-state index contributed by atoms with van der Waals surface area (Å²) in [6.45, 7) is 8.19. The van der Waals surface area contributed by atoms with Crippen LogP contribution in [0.4, 0.5) is 0 Å². The molecule has 15 heavy (non-hydrogen) atoms. The molecule has 0 spiro atoms. The van der Waals surface area contributed by atoms with Crippen LogP contribution in [0.3, 0.4) is 0 Å². The molecule has 1 fully saturated rings. The molecule has 0 aliphatic carbocycles. The van der Waals surface area contributed by atoms with E-state index in [1.807, 2.05) is 27.7 Å². The Bertz CT molecular complexity index is 315. The van der Waals surface area contributed by atoms with Crippen molar-refractivity contribution >= 4 is 23.5 Å². The van der Waals surface area contributed by atoms with Gasteiger partial charge in [0.25, 0.3) is 0 Å². The Labute approximate surface area is 94.9 Å². The largest absolute Gasteiger partial charge is 0.306 e. The third-order valence-corrected chi connectivity index (χ3v) is 3.25. The molecule has 3 nitrogen and oxygen atoms in total. The van der Waals surface area contributed by atoms with Gasteiger partial charge in [-0.1, -0.05) is 32.5 Å². The van der Waals surface area contributed by atoms with Gasteiger partial charge in [0.05, 0.1) is 10.8 Å². The highest BCUT2D eigenvalue weighted by molar-refractivity contribution is 8.04. The first-order valence-corrected chi connectivity index (χ1v) is 6.04. The van der Waals surface area contributed by atoms with E-state index in [4.69, 9.17) is 0 Å². The number of nitrogens with zero attached hydrogens (tertiary/aromatic N) is 1. The highest BCUT2D eigenvalue weighted by Gasteiger charge is 2.27. The van der Waals surface area contributed by atoms with Crippen LogP contribution in [0.1, 0.15) is 27.7 Å². The average molecular weight is 227 g/mol. The Morgan fingerprint density at radius 3 is 2.60 bits per heavy atom. The highest BCUT2D eigenvalue weighted by Crippen LogP contribution is 2.29. The van der Waals surface area contributed by atoms with Gasteiger partial charge < -0.3 is 4.90 Å². The number of carbonyl (C=O) groups excluding carboxylic acids is 2. The van der Waals surface area contributed by atoms with E-state index in [2.05, 4.69) is 0 Å². The second kappa shape index (κ2) is 4.39. The minimum absolute atomic E-state index is 0.0677. The van der Waals surface area contributed by atoms with Crippen LogP contribution in [0, 0.1) is 5.41 Å². The van der Waals surface area contributed by atoms with Gasteiger partial charge in [0.1, 0.15) is 0 Å². The molecule has 1 heterocycles. The molecule has 0 saturated carbocycles. The molecular formula is C11H17NO2S. The molecule has 0 atom stereocenters. The summed E-state index contributed by atoms with van der Waals surface area (Å²) in [5.74, 6) is 0.616. The third kappa shape index (κ3) is 2.84. The molecule has 0 unspecified atom stereocenters. The molecule has 0 aromatic carbocycles. The Morgan fingerprint density at radius 1 is 1.53 bits per heavy atom. The van der Waals surface area contributed by atoms with Crippen LogP contribution in [0.2, 0.25) is 0 Å². The third-order valence-electron chi connectivity index (χ3n) is 2.22. The van der Waals surface area contributed by atoms with Gasteiger partial charge in [-0.3, -0.25) is 9.59 Å². The lowest BCUT2D eigenvalue weighted by Gasteiger charge is -2.17. The molecule has 0 aromatic heterocycles. The van der Waals surface area contributed by atoms with Crippen LogP contribution < -0.4 is 0 Å². The standard InChI is InChI=1S/C11H17NO2S/c1-5-12-9(14)7-15-10(12)6-8(13)11(2,3)4/h6H,5,7H2,1-4H3. The van der Waals surface area contributed by atoms with Crippen molar-refractivity contribution in [3.05, 3.63) is 11.1 Å². The Kier molecular flexibility index (Phi) is 3.60. The van der Waals surface area contributed by atoms with Gasteiger partial charge in [-0.25, -0.2) is 0 Å². The fourth-order valence-corrected chi connectivity index (χ4v) is 2.20. The maximum absolute atomic E-state index is 11.8. The van der Waals surface area contributed by atoms with Crippen LogP contribution in [0.5, 0.6) is 0 Å². The van der Waals surface area contributed by atoms with Crippen molar-refractivity contribution in [1.82, 2.24) is 4.90 Å². The lowest BCUT2D eigenvalue weighted by atomic mass is 9.91. The molecule has 0 aromatic rings. The van der Waals surface area contributed by atoms with Crippen LogP contribution >= 0.6 is 11.8 Å². The lowest BCUT2D eigenvalue weighted by molar-refractivity contribution is -0.125. The fourth-order valence-electron chi connectivity index (χ4n) is 1.19. The molecule has 0 radical (unpaired) electrons. The van der Waals surface area contributed by atoms with E-state index in [-0.39, 0.29) is 17.1 Å². The molecular weight excluding hydrogens is 210 g/mol. The second-order valence-corrected chi connectivity index (χ2v) is 5.52. The van der Waals surface area contributed by atoms with Crippen molar-refractivity contribution in [2.45, 2.75) is 27.7 Å². The summed E-state index contributed by atoms with van der Waals surface area (Å²) in [5.41, 5.74) is -0.376. The van der Waals surface area contributed by atoms with Crippen molar-refractivity contribution in [3.63, 3.8) is 0 Å². The Morgan fingerprint density at radius 2 is 2.13 bits per heavy atom. The monoisotopic (exact) mass is 227 g/mol. The number of amides is 1. The van der Waals surface area contributed by atoms with Crippen molar-refractivity contribution in [3.8, 4) is 0 Å². The van der Waals surface area contributed by atoms with Gasteiger partial charge >= 0.3 is 0 Å². The molecule has 0 bridgehead atoms. The zero-order valence-electron chi connectivity index (χ0n) is 9.66. The predicted octanol–water partition coefficient (Wildman–Crippen LogP) is 2.04. The summed E-state index contributed by atoms with van der Waals surface area (Å²) in [5, 5.41) is 0.794. The van der Waals surface area contributed by atoms with Gasteiger partial charge in [-0.05, 0) is 6.92 Å². The van der Waals surface area contributed by atoms with E-state index >= 15 is 0 Å². The Hall–Kier alpha value is -0.770. The lowest BCUT2D eigenvalue weighted by Crippen LogP contribution is -2.25. The quantitative estimate of drug-likeness (QED) is 0.677. The minimum atomic E-state index is -0.376. The normalized spacial score (nSPS) is 20.1. The summed E-state index contributed by atoms with van der Waals surface area (Å²) in [4.78, 5) is 24.8. The first-order chi connectivity index (χ1) is 6.86. The SMILES string of the molecule is CCN1C(=O)CSC1=CC(=O)C(C)(C)C. The van der Waals surface area contributed by atoms with Gasteiger partial charge in [0.2, 0.25) is 5.91 Å². The number of allylic oxidation sites excluding steroid dienone is 1. The van der Waals surface area contributed by atoms with Crippen LogP contribution in [-0.4, -0.2) is 28.9 Å². The first kappa shape index (κ1) is 12.3. The highest BCUT2D eigenvalue weighted by atomic mass is 32.2. The minimum Gasteiger partial charge on any atom is -0.306 e. The van der Waals surface area contributed by atoms with Crippen molar-refractivity contribution in [2.24, 2.45) is 5.41 Å². The average Bonchev–Trinajstić information content (AvgIpc) is 2.45. The fraction of sp³-hybridized carbons (Fsp3) is 0.636. The zero-order chi connectivity index (χ0) is 11.6. The van der Waals surface area contributed by atoms with E-state index in [1.54, 1.807) is 11.0 Å². The molecule has 1 aliphatic rings. The maximum atomic E-state index is 11.8. The summed E-state index contributed by atoms with van der Waals surface area (Å²) < 4.78 is 0. The molecule has 1 aliphatic heterocycles. The number of ketones is 1. The van der Waals surface area contributed by atoms with Gasteiger partial charge in [-0.2, -0.15) is 0 Å². The number of rotatable bonds is 2. The molecule has 1 saturated heterocycles.